The van der Waals surface area contributed by atoms with Crippen molar-refractivity contribution >= 4 is 0 Å². The standard InChI is InChI=1S/C10H16F2N/c11-9(5-1-2-6-9)13-10(12)7-3-4-8-10/h1-8H2. The number of rotatable bonds is 2. The largest absolute Gasteiger partial charge is 0.225 e. The molecule has 0 spiro atoms. The molecule has 0 aromatic rings. The zero-order valence-corrected chi connectivity index (χ0v) is 7.86. The van der Waals surface area contributed by atoms with Gasteiger partial charge in [0.2, 0.25) is 0 Å². The van der Waals surface area contributed by atoms with E-state index in [9.17, 15) is 8.78 Å². The maximum absolute atomic E-state index is 13.8. The molecule has 13 heavy (non-hydrogen) atoms. The van der Waals surface area contributed by atoms with Gasteiger partial charge in [-0.3, -0.25) is 0 Å². The molecule has 1 radical (unpaired) electrons. The quantitative estimate of drug-likeness (QED) is 0.591. The number of halogens is 2. The first-order chi connectivity index (χ1) is 6.12. The fourth-order valence-electron chi connectivity index (χ4n) is 2.42. The summed E-state index contributed by atoms with van der Waals surface area (Å²) in [5.41, 5.74) is 0. The summed E-state index contributed by atoms with van der Waals surface area (Å²) in [6, 6.07) is 0. The fraction of sp³-hybridized carbons (Fsp3) is 1.00. The van der Waals surface area contributed by atoms with Gasteiger partial charge in [0.15, 0.2) is 11.6 Å². The van der Waals surface area contributed by atoms with Crippen LogP contribution in [0.2, 0.25) is 0 Å². The lowest BCUT2D eigenvalue weighted by atomic mass is 10.1. The third kappa shape index (κ3) is 2.01. The molecule has 0 unspecified atom stereocenters. The van der Waals surface area contributed by atoms with Crippen LogP contribution in [0.4, 0.5) is 8.78 Å². The average Bonchev–Trinajstić information content (AvgIpc) is 2.60. The Labute approximate surface area is 77.9 Å². The van der Waals surface area contributed by atoms with Gasteiger partial charge in [0.25, 0.3) is 0 Å². The van der Waals surface area contributed by atoms with Crippen LogP contribution in [0, 0.1) is 0 Å². The minimum Gasteiger partial charge on any atom is -0.225 e. The number of alkyl halides is 2. The Morgan fingerprint density at radius 1 is 0.692 bits per heavy atom. The Bertz CT molecular complexity index is 161. The van der Waals surface area contributed by atoms with Gasteiger partial charge in [-0.25, -0.2) is 8.78 Å². The van der Waals surface area contributed by atoms with Crippen molar-refractivity contribution in [2.45, 2.75) is 63.0 Å². The smallest absolute Gasteiger partial charge is 0.179 e. The Kier molecular flexibility index (Phi) is 2.30. The molecule has 0 bridgehead atoms. The highest BCUT2D eigenvalue weighted by atomic mass is 19.2. The van der Waals surface area contributed by atoms with E-state index in [2.05, 4.69) is 5.32 Å². The van der Waals surface area contributed by atoms with E-state index in [-0.39, 0.29) is 0 Å². The molecule has 0 aromatic heterocycles. The topological polar surface area (TPSA) is 14.1 Å². The number of hydrogen-bond acceptors (Lipinski definition) is 0. The van der Waals surface area contributed by atoms with Crippen LogP contribution in [0.15, 0.2) is 0 Å². The van der Waals surface area contributed by atoms with Crippen molar-refractivity contribution in [1.29, 1.82) is 0 Å². The van der Waals surface area contributed by atoms with Gasteiger partial charge in [-0.2, -0.15) is 5.32 Å². The van der Waals surface area contributed by atoms with Crippen LogP contribution in [-0.2, 0) is 0 Å². The minimum absolute atomic E-state index is 0.429. The SMILES string of the molecule is FC1([N]C2(F)CCCC2)CCCC1. The molecule has 0 N–H and O–H groups in total. The third-order valence-corrected chi connectivity index (χ3v) is 3.14. The predicted octanol–water partition coefficient (Wildman–Crippen LogP) is 3.07. The van der Waals surface area contributed by atoms with Gasteiger partial charge in [0.1, 0.15) is 0 Å². The second kappa shape index (κ2) is 3.19. The summed E-state index contributed by atoms with van der Waals surface area (Å²) < 4.78 is 27.6. The van der Waals surface area contributed by atoms with Gasteiger partial charge in [-0.05, 0) is 51.4 Å². The molecule has 0 amide bonds. The lowest BCUT2D eigenvalue weighted by Crippen LogP contribution is -2.44. The summed E-state index contributed by atoms with van der Waals surface area (Å²) in [6.45, 7) is 0. The summed E-state index contributed by atoms with van der Waals surface area (Å²) in [6.07, 6.45) is 5.15. The zero-order valence-electron chi connectivity index (χ0n) is 7.86. The maximum atomic E-state index is 13.8. The Morgan fingerprint density at radius 2 is 1.00 bits per heavy atom. The summed E-state index contributed by atoms with van der Waals surface area (Å²) in [4.78, 5) is 0. The molecule has 2 saturated carbocycles. The first-order valence-corrected chi connectivity index (χ1v) is 5.24. The van der Waals surface area contributed by atoms with E-state index in [1.807, 2.05) is 0 Å². The highest BCUT2D eigenvalue weighted by Crippen LogP contribution is 2.40. The second-order valence-electron chi connectivity index (χ2n) is 4.36. The maximum Gasteiger partial charge on any atom is 0.179 e. The van der Waals surface area contributed by atoms with Crippen LogP contribution in [0.5, 0.6) is 0 Å². The fourth-order valence-corrected chi connectivity index (χ4v) is 2.42. The lowest BCUT2D eigenvalue weighted by Gasteiger charge is -2.27. The van der Waals surface area contributed by atoms with Crippen molar-refractivity contribution in [3.05, 3.63) is 0 Å². The normalized spacial score (nSPS) is 30.9. The number of hydrogen-bond donors (Lipinski definition) is 0. The van der Waals surface area contributed by atoms with Crippen molar-refractivity contribution in [3.63, 3.8) is 0 Å². The van der Waals surface area contributed by atoms with Gasteiger partial charge in [-0.15, -0.1) is 0 Å². The zero-order chi connectivity index (χ0) is 9.36. The van der Waals surface area contributed by atoms with E-state index in [1.54, 1.807) is 0 Å². The van der Waals surface area contributed by atoms with Crippen LogP contribution in [0.3, 0.4) is 0 Å². The van der Waals surface area contributed by atoms with Crippen molar-refractivity contribution < 1.29 is 8.78 Å². The van der Waals surface area contributed by atoms with Gasteiger partial charge >= 0.3 is 0 Å². The van der Waals surface area contributed by atoms with Gasteiger partial charge in [0, 0.05) is 0 Å². The molecule has 3 heteroatoms. The number of nitrogens with zero attached hydrogens (tertiary/aromatic N) is 1. The van der Waals surface area contributed by atoms with E-state index in [0.29, 0.717) is 25.7 Å². The van der Waals surface area contributed by atoms with Gasteiger partial charge < -0.3 is 0 Å². The molecule has 0 heterocycles. The molecule has 2 aliphatic carbocycles. The van der Waals surface area contributed by atoms with Crippen LogP contribution < -0.4 is 5.32 Å². The van der Waals surface area contributed by atoms with Crippen LogP contribution in [-0.4, -0.2) is 11.6 Å². The van der Waals surface area contributed by atoms with Crippen molar-refractivity contribution in [3.8, 4) is 0 Å². The summed E-state index contributed by atoms with van der Waals surface area (Å²) in [5, 5.41) is 3.81. The van der Waals surface area contributed by atoms with Crippen LogP contribution >= 0.6 is 0 Å². The van der Waals surface area contributed by atoms with E-state index in [1.165, 1.54) is 0 Å². The van der Waals surface area contributed by atoms with Crippen LogP contribution in [0.1, 0.15) is 51.4 Å². The second-order valence-corrected chi connectivity index (χ2v) is 4.36. The van der Waals surface area contributed by atoms with Crippen molar-refractivity contribution in [1.82, 2.24) is 5.32 Å². The predicted molar refractivity (Wildman–Crippen MR) is 46.7 cm³/mol. The van der Waals surface area contributed by atoms with E-state index in [0.717, 1.165) is 25.7 Å². The molecule has 75 valence electrons. The monoisotopic (exact) mass is 188 g/mol. The van der Waals surface area contributed by atoms with Crippen molar-refractivity contribution in [2.24, 2.45) is 0 Å². The molecular weight excluding hydrogens is 172 g/mol. The molecule has 0 aromatic carbocycles. The highest BCUT2D eigenvalue weighted by molar-refractivity contribution is 4.91. The van der Waals surface area contributed by atoms with E-state index >= 15 is 0 Å². The molecule has 0 saturated heterocycles. The summed E-state index contributed by atoms with van der Waals surface area (Å²) >= 11 is 0. The highest BCUT2D eigenvalue weighted by Gasteiger charge is 2.45. The molecule has 2 rings (SSSR count). The van der Waals surface area contributed by atoms with Gasteiger partial charge in [0.05, 0.1) is 0 Å². The summed E-state index contributed by atoms with van der Waals surface area (Å²) in [7, 11) is 0. The molecule has 0 atom stereocenters. The van der Waals surface area contributed by atoms with Crippen molar-refractivity contribution in [2.75, 3.05) is 0 Å². The Hall–Kier alpha value is -0.180. The lowest BCUT2D eigenvalue weighted by molar-refractivity contribution is -0.00209. The van der Waals surface area contributed by atoms with E-state index < -0.39 is 11.6 Å². The Balaban J connectivity index is 1.95. The summed E-state index contributed by atoms with van der Waals surface area (Å²) in [5.74, 6) is -3.06. The average molecular weight is 188 g/mol. The van der Waals surface area contributed by atoms with E-state index in [4.69, 9.17) is 0 Å². The minimum atomic E-state index is -1.53. The van der Waals surface area contributed by atoms with Crippen LogP contribution in [0.25, 0.3) is 0 Å². The Morgan fingerprint density at radius 3 is 1.31 bits per heavy atom. The first-order valence-electron chi connectivity index (χ1n) is 5.24. The molecule has 2 fully saturated rings. The molecule has 0 aliphatic heterocycles. The molecule has 1 nitrogen and oxygen atoms in total. The molecule has 2 aliphatic rings. The third-order valence-electron chi connectivity index (χ3n) is 3.14. The van der Waals surface area contributed by atoms with Gasteiger partial charge in [-0.1, -0.05) is 0 Å². The first kappa shape index (κ1) is 9.38. The molecular formula is C10H16F2N.